The number of benzene rings is 2. The van der Waals surface area contributed by atoms with E-state index in [1.165, 1.54) is 25.3 Å². The van der Waals surface area contributed by atoms with Gasteiger partial charge in [-0.25, -0.2) is 13.2 Å². The summed E-state index contributed by atoms with van der Waals surface area (Å²) in [5, 5.41) is 2.58. The van der Waals surface area contributed by atoms with Gasteiger partial charge < -0.3 is 14.8 Å². The molecule has 138 valence electrons. The van der Waals surface area contributed by atoms with E-state index in [1.54, 1.807) is 31.2 Å². The largest absolute Gasteiger partial charge is 0.497 e. The lowest BCUT2D eigenvalue weighted by atomic mass is 10.1. The minimum atomic E-state index is -3.45. The first-order valence-corrected chi connectivity index (χ1v) is 9.51. The Morgan fingerprint density at radius 3 is 2.31 bits per heavy atom. The van der Waals surface area contributed by atoms with Gasteiger partial charge in [-0.2, -0.15) is 0 Å². The molecule has 0 saturated heterocycles. The molecule has 2 rings (SSSR count). The predicted molar refractivity (Wildman–Crippen MR) is 96.2 cm³/mol. The second kappa shape index (κ2) is 8.01. The summed E-state index contributed by atoms with van der Waals surface area (Å²) < 4.78 is 33.2. The summed E-state index contributed by atoms with van der Waals surface area (Å²) >= 11 is 0. The quantitative estimate of drug-likeness (QED) is 0.775. The normalized spacial score (nSPS) is 10.9. The van der Waals surface area contributed by atoms with Crippen LogP contribution in [0.15, 0.2) is 47.4 Å². The monoisotopic (exact) mass is 377 g/mol. The Hall–Kier alpha value is -2.87. The molecule has 0 radical (unpaired) electrons. The molecule has 2 aromatic rings. The summed E-state index contributed by atoms with van der Waals surface area (Å²) in [6.07, 6.45) is 1.05. The first-order chi connectivity index (χ1) is 12.2. The van der Waals surface area contributed by atoms with Gasteiger partial charge in [-0.05, 0) is 48.9 Å². The van der Waals surface area contributed by atoms with Gasteiger partial charge in [-0.3, -0.25) is 4.79 Å². The summed E-state index contributed by atoms with van der Waals surface area (Å²) in [5.74, 6) is -0.631. The SMILES string of the molecule is COc1ccc(NC(=O)COC(=O)c2cc(S(C)(=O)=O)ccc2C)cc1. The Morgan fingerprint density at radius 1 is 1.08 bits per heavy atom. The molecule has 0 aromatic heterocycles. The van der Waals surface area contributed by atoms with Gasteiger partial charge in [0.05, 0.1) is 17.6 Å². The van der Waals surface area contributed by atoms with E-state index in [9.17, 15) is 18.0 Å². The number of methoxy groups -OCH3 is 1. The Balaban J connectivity index is 2.00. The number of aryl methyl sites for hydroxylation is 1. The van der Waals surface area contributed by atoms with Crippen molar-refractivity contribution in [3.63, 3.8) is 0 Å². The number of sulfone groups is 1. The summed E-state index contributed by atoms with van der Waals surface area (Å²) in [4.78, 5) is 24.1. The maximum absolute atomic E-state index is 12.2. The fourth-order valence-corrected chi connectivity index (χ4v) is 2.78. The van der Waals surface area contributed by atoms with Gasteiger partial charge in [0.2, 0.25) is 0 Å². The third kappa shape index (κ3) is 5.06. The molecule has 0 fully saturated rings. The van der Waals surface area contributed by atoms with Crippen molar-refractivity contribution in [1.82, 2.24) is 0 Å². The zero-order chi connectivity index (χ0) is 19.3. The second-order valence-electron chi connectivity index (χ2n) is 5.60. The molecule has 26 heavy (non-hydrogen) atoms. The topological polar surface area (TPSA) is 98.8 Å². The maximum atomic E-state index is 12.2. The average Bonchev–Trinajstić information content (AvgIpc) is 2.59. The van der Waals surface area contributed by atoms with Crippen LogP contribution in [0.5, 0.6) is 5.75 Å². The van der Waals surface area contributed by atoms with Gasteiger partial charge in [0.15, 0.2) is 16.4 Å². The van der Waals surface area contributed by atoms with E-state index in [2.05, 4.69) is 5.32 Å². The number of amides is 1. The minimum absolute atomic E-state index is 0.0118. The molecule has 0 atom stereocenters. The van der Waals surface area contributed by atoms with Crippen LogP contribution in [-0.4, -0.2) is 40.3 Å². The van der Waals surface area contributed by atoms with E-state index < -0.39 is 28.3 Å². The second-order valence-corrected chi connectivity index (χ2v) is 7.62. The van der Waals surface area contributed by atoms with Crippen molar-refractivity contribution in [3.05, 3.63) is 53.6 Å². The number of hydrogen-bond donors (Lipinski definition) is 1. The zero-order valence-corrected chi connectivity index (χ0v) is 15.4. The lowest BCUT2D eigenvalue weighted by Gasteiger charge is -2.09. The van der Waals surface area contributed by atoms with Crippen LogP contribution in [-0.2, 0) is 19.4 Å². The smallest absolute Gasteiger partial charge is 0.338 e. The van der Waals surface area contributed by atoms with Gasteiger partial charge in [-0.15, -0.1) is 0 Å². The highest BCUT2D eigenvalue weighted by molar-refractivity contribution is 7.90. The number of carbonyl (C=O) groups is 2. The van der Waals surface area contributed by atoms with E-state index in [0.29, 0.717) is 17.0 Å². The lowest BCUT2D eigenvalue weighted by molar-refractivity contribution is -0.119. The summed E-state index contributed by atoms with van der Waals surface area (Å²) in [5.41, 5.74) is 1.19. The van der Waals surface area contributed by atoms with E-state index in [0.717, 1.165) is 6.26 Å². The van der Waals surface area contributed by atoms with Crippen LogP contribution in [0.1, 0.15) is 15.9 Å². The van der Waals surface area contributed by atoms with Crippen LogP contribution in [0.25, 0.3) is 0 Å². The van der Waals surface area contributed by atoms with Crippen LogP contribution in [0.3, 0.4) is 0 Å². The zero-order valence-electron chi connectivity index (χ0n) is 14.6. The summed E-state index contributed by atoms with van der Waals surface area (Å²) in [6, 6.07) is 10.8. The number of nitrogens with one attached hydrogen (secondary N) is 1. The van der Waals surface area contributed by atoms with Gasteiger partial charge in [-0.1, -0.05) is 6.07 Å². The lowest BCUT2D eigenvalue weighted by Crippen LogP contribution is -2.21. The van der Waals surface area contributed by atoms with Crippen molar-refractivity contribution in [2.45, 2.75) is 11.8 Å². The Morgan fingerprint density at radius 2 is 1.73 bits per heavy atom. The van der Waals surface area contributed by atoms with E-state index >= 15 is 0 Å². The Kier molecular flexibility index (Phi) is 5.99. The third-order valence-corrected chi connectivity index (χ3v) is 4.68. The molecule has 0 heterocycles. The van der Waals surface area contributed by atoms with Gasteiger partial charge in [0.25, 0.3) is 5.91 Å². The predicted octanol–water partition coefficient (Wildman–Crippen LogP) is 2.20. The van der Waals surface area contributed by atoms with Crippen molar-refractivity contribution in [2.24, 2.45) is 0 Å². The molecule has 2 aromatic carbocycles. The van der Waals surface area contributed by atoms with Gasteiger partial charge in [0, 0.05) is 11.9 Å². The fourth-order valence-electron chi connectivity index (χ4n) is 2.13. The molecule has 8 heteroatoms. The number of rotatable bonds is 6. The number of carbonyl (C=O) groups excluding carboxylic acids is 2. The number of ether oxygens (including phenoxy) is 2. The molecule has 0 bridgehead atoms. The first-order valence-electron chi connectivity index (χ1n) is 7.62. The van der Waals surface area contributed by atoms with Gasteiger partial charge >= 0.3 is 5.97 Å². The molecule has 7 nitrogen and oxygen atoms in total. The van der Waals surface area contributed by atoms with E-state index in [-0.39, 0.29) is 10.5 Å². The molecule has 1 amide bonds. The molecule has 0 aliphatic heterocycles. The van der Waals surface area contributed by atoms with Crippen molar-refractivity contribution >= 4 is 27.4 Å². The molecule has 0 unspecified atom stereocenters. The number of hydrogen-bond acceptors (Lipinski definition) is 6. The maximum Gasteiger partial charge on any atom is 0.338 e. The van der Waals surface area contributed by atoms with E-state index in [1.807, 2.05) is 0 Å². The number of esters is 1. The highest BCUT2D eigenvalue weighted by Crippen LogP contribution is 2.17. The van der Waals surface area contributed by atoms with E-state index in [4.69, 9.17) is 9.47 Å². The average molecular weight is 377 g/mol. The standard InChI is InChI=1S/C18H19NO6S/c1-12-4-9-15(26(3,22)23)10-16(12)18(21)25-11-17(20)19-13-5-7-14(24-2)8-6-13/h4-10H,11H2,1-3H3,(H,19,20). The molecule has 0 saturated carbocycles. The van der Waals surface area contributed by atoms with Crippen molar-refractivity contribution in [3.8, 4) is 5.75 Å². The minimum Gasteiger partial charge on any atom is -0.497 e. The highest BCUT2D eigenvalue weighted by Gasteiger charge is 2.16. The molecular formula is C18H19NO6S. The fraction of sp³-hybridized carbons (Fsp3) is 0.222. The van der Waals surface area contributed by atoms with Crippen molar-refractivity contribution in [2.75, 3.05) is 25.3 Å². The third-order valence-electron chi connectivity index (χ3n) is 3.57. The summed E-state index contributed by atoms with van der Waals surface area (Å²) in [7, 11) is -1.92. The molecule has 0 aliphatic rings. The molecule has 0 spiro atoms. The van der Waals surface area contributed by atoms with Crippen LogP contribution in [0.2, 0.25) is 0 Å². The van der Waals surface area contributed by atoms with Crippen LogP contribution in [0.4, 0.5) is 5.69 Å². The summed E-state index contributed by atoms with van der Waals surface area (Å²) in [6.45, 7) is 1.16. The van der Waals surface area contributed by atoms with Crippen molar-refractivity contribution in [1.29, 1.82) is 0 Å². The van der Waals surface area contributed by atoms with Crippen LogP contribution < -0.4 is 10.1 Å². The van der Waals surface area contributed by atoms with Crippen LogP contribution >= 0.6 is 0 Å². The van der Waals surface area contributed by atoms with Crippen LogP contribution in [0, 0.1) is 6.92 Å². The number of anilines is 1. The van der Waals surface area contributed by atoms with Gasteiger partial charge in [0.1, 0.15) is 5.75 Å². The molecular weight excluding hydrogens is 358 g/mol. The Bertz CT molecular complexity index is 919. The molecule has 1 N–H and O–H groups in total. The Labute approximate surface area is 151 Å². The highest BCUT2D eigenvalue weighted by atomic mass is 32.2. The first kappa shape index (κ1) is 19.5. The van der Waals surface area contributed by atoms with Crippen molar-refractivity contribution < 1.29 is 27.5 Å². The molecule has 0 aliphatic carbocycles.